The average Bonchev–Trinajstić information content (AvgIpc) is 2.73. The molecule has 1 amide bonds. The van der Waals surface area contributed by atoms with Gasteiger partial charge in [0.05, 0.1) is 8.95 Å². The standard InChI is InChI=1S/C21H22Br3ClN2O2/c1-13-18(22)14(2)20(24)21(19(13)23)29-12-17(28)27-9-7-26(8-10-27)11-15-3-5-16(25)6-4-15/h3-6H,7-12H2,1-2H3. The fourth-order valence-electron chi connectivity index (χ4n) is 3.27. The largest absolute Gasteiger partial charge is 0.481 e. The van der Waals surface area contributed by atoms with Crippen LogP contribution in [0.5, 0.6) is 5.75 Å². The molecule has 0 saturated carbocycles. The first-order valence-electron chi connectivity index (χ1n) is 9.29. The quantitative estimate of drug-likeness (QED) is 0.419. The van der Waals surface area contributed by atoms with Gasteiger partial charge < -0.3 is 9.64 Å². The molecule has 29 heavy (non-hydrogen) atoms. The molecular weight excluding hydrogens is 587 g/mol. The Labute approximate surface area is 201 Å². The zero-order valence-electron chi connectivity index (χ0n) is 16.3. The van der Waals surface area contributed by atoms with E-state index in [0.29, 0.717) is 18.8 Å². The van der Waals surface area contributed by atoms with Crippen LogP contribution in [0.1, 0.15) is 16.7 Å². The minimum absolute atomic E-state index is 0.00756. The number of benzene rings is 2. The third-order valence-corrected chi connectivity index (χ3v) is 8.45. The molecule has 2 aromatic carbocycles. The Morgan fingerprint density at radius 3 is 2.07 bits per heavy atom. The van der Waals surface area contributed by atoms with Crippen molar-refractivity contribution in [1.29, 1.82) is 0 Å². The summed E-state index contributed by atoms with van der Waals surface area (Å²) in [5.41, 5.74) is 3.32. The summed E-state index contributed by atoms with van der Waals surface area (Å²) >= 11 is 16.7. The van der Waals surface area contributed by atoms with Gasteiger partial charge >= 0.3 is 0 Å². The van der Waals surface area contributed by atoms with E-state index >= 15 is 0 Å². The highest BCUT2D eigenvalue weighted by Crippen LogP contribution is 2.43. The van der Waals surface area contributed by atoms with Gasteiger partial charge in [-0.1, -0.05) is 39.7 Å². The molecule has 0 spiro atoms. The maximum Gasteiger partial charge on any atom is 0.260 e. The fraction of sp³-hybridized carbons (Fsp3) is 0.381. The molecule has 0 atom stereocenters. The molecule has 0 N–H and O–H groups in total. The molecule has 1 heterocycles. The fourth-order valence-corrected chi connectivity index (χ4v) is 5.61. The Kier molecular flexibility index (Phi) is 8.07. The molecule has 4 nitrogen and oxygen atoms in total. The van der Waals surface area contributed by atoms with Crippen molar-refractivity contribution < 1.29 is 9.53 Å². The number of halogens is 4. The van der Waals surface area contributed by atoms with Crippen molar-refractivity contribution in [3.63, 3.8) is 0 Å². The molecule has 0 aromatic heterocycles. The Morgan fingerprint density at radius 1 is 0.966 bits per heavy atom. The molecule has 0 radical (unpaired) electrons. The van der Waals surface area contributed by atoms with E-state index in [-0.39, 0.29) is 12.5 Å². The lowest BCUT2D eigenvalue weighted by Gasteiger charge is -2.34. The van der Waals surface area contributed by atoms with Crippen LogP contribution in [0, 0.1) is 13.8 Å². The Morgan fingerprint density at radius 2 is 1.52 bits per heavy atom. The molecule has 2 aromatic rings. The van der Waals surface area contributed by atoms with Crippen LogP contribution < -0.4 is 4.74 Å². The van der Waals surface area contributed by atoms with Crippen LogP contribution in [0.25, 0.3) is 0 Å². The number of carbonyl (C=O) groups excluding carboxylic acids is 1. The van der Waals surface area contributed by atoms with Crippen LogP contribution >= 0.6 is 59.4 Å². The third-order valence-electron chi connectivity index (χ3n) is 5.10. The van der Waals surface area contributed by atoms with Crippen LogP contribution in [0.15, 0.2) is 37.7 Å². The van der Waals surface area contributed by atoms with Gasteiger partial charge in [0.15, 0.2) is 6.61 Å². The van der Waals surface area contributed by atoms with Gasteiger partial charge in [-0.3, -0.25) is 9.69 Å². The highest BCUT2D eigenvalue weighted by molar-refractivity contribution is 9.11. The predicted octanol–water partition coefficient (Wildman–Crippen LogP) is 5.97. The van der Waals surface area contributed by atoms with Crippen LogP contribution in [0.2, 0.25) is 5.02 Å². The summed E-state index contributed by atoms with van der Waals surface area (Å²) in [5.74, 6) is 0.672. The normalized spacial score (nSPS) is 14.9. The number of rotatable bonds is 5. The SMILES string of the molecule is Cc1c(Br)c(C)c(Br)c(OCC(=O)N2CCN(Cc3ccc(Cl)cc3)CC2)c1Br. The van der Waals surface area contributed by atoms with Crippen molar-refractivity contribution in [2.24, 2.45) is 0 Å². The molecule has 0 unspecified atom stereocenters. The Bertz CT molecular complexity index is 869. The summed E-state index contributed by atoms with van der Waals surface area (Å²) < 4.78 is 8.62. The maximum absolute atomic E-state index is 12.7. The monoisotopic (exact) mass is 606 g/mol. The molecule has 1 aliphatic rings. The molecule has 0 bridgehead atoms. The number of carbonyl (C=O) groups is 1. The molecular formula is C21H22Br3ClN2O2. The third kappa shape index (κ3) is 5.56. The summed E-state index contributed by atoms with van der Waals surface area (Å²) in [6.07, 6.45) is 0. The van der Waals surface area contributed by atoms with E-state index in [1.54, 1.807) is 0 Å². The smallest absolute Gasteiger partial charge is 0.260 e. The first-order valence-corrected chi connectivity index (χ1v) is 12.0. The van der Waals surface area contributed by atoms with Gasteiger partial charge in [0.2, 0.25) is 0 Å². The molecule has 8 heteroatoms. The topological polar surface area (TPSA) is 32.8 Å². The summed E-state index contributed by atoms with van der Waals surface area (Å²) in [6, 6.07) is 7.92. The molecule has 1 saturated heterocycles. The summed E-state index contributed by atoms with van der Waals surface area (Å²) in [4.78, 5) is 16.9. The van der Waals surface area contributed by atoms with E-state index in [9.17, 15) is 4.79 Å². The first kappa shape index (κ1) is 23.1. The average molecular weight is 610 g/mol. The van der Waals surface area contributed by atoms with Crippen LogP contribution in [0.3, 0.4) is 0 Å². The highest BCUT2D eigenvalue weighted by atomic mass is 79.9. The number of ether oxygens (including phenoxy) is 1. The summed E-state index contributed by atoms with van der Waals surface area (Å²) in [6.45, 7) is 8.00. The van der Waals surface area contributed by atoms with E-state index < -0.39 is 0 Å². The second kappa shape index (κ2) is 10.1. The van der Waals surface area contributed by atoms with Crippen molar-refractivity contribution in [2.45, 2.75) is 20.4 Å². The number of hydrogen-bond acceptors (Lipinski definition) is 3. The highest BCUT2D eigenvalue weighted by Gasteiger charge is 2.23. The second-order valence-electron chi connectivity index (χ2n) is 7.09. The molecule has 3 rings (SSSR count). The first-order chi connectivity index (χ1) is 13.8. The van der Waals surface area contributed by atoms with E-state index in [1.165, 1.54) is 5.56 Å². The van der Waals surface area contributed by atoms with E-state index in [0.717, 1.165) is 49.2 Å². The zero-order valence-corrected chi connectivity index (χ0v) is 21.8. The van der Waals surface area contributed by atoms with Crippen molar-refractivity contribution in [3.05, 3.63) is 59.4 Å². The van der Waals surface area contributed by atoms with Gasteiger partial charge in [0, 0.05) is 42.2 Å². The number of nitrogens with zero attached hydrogens (tertiary/aromatic N) is 2. The lowest BCUT2D eigenvalue weighted by atomic mass is 10.1. The Hall–Kier alpha value is -0.600. The van der Waals surface area contributed by atoms with Crippen molar-refractivity contribution in [1.82, 2.24) is 9.80 Å². The van der Waals surface area contributed by atoms with Crippen molar-refractivity contribution in [3.8, 4) is 5.75 Å². The summed E-state index contributed by atoms with van der Waals surface area (Å²) in [7, 11) is 0. The van der Waals surface area contributed by atoms with Crippen LogP contribution in [-0.2, 0) is 11.3 Å². The van der Waals surface area contributed by atoms with E-state index in [2.05, 4.69) is 52.7 Å². The van der Waals surface area contributed by atoms with Gasteiger partial charge in [-0.15, -0.1) is 0 Å². The minimum Gasteiger partial charge on any atom is -0.481 e. The van der Waals surface area contributed by atoms with Gasteiger partial charge in [0.1, 0.15) is 5.75 Å². The van der Waals surface area contributed by atoms with Gasteiger partial charge in [0.25, 0.3) is 5.91 Å². The molecule has 0 aliphatic carbocycles. The summed E-state index contributed by atoms with van der Waals surface area (Å²) in [5, 5.41) is 0.749. The number of hydrogen-bond donors (Lipinski definition) is 0. The zero-order chi connectivity index (χ0) is 21.1. The molecule has 156 valence electrons. The second-order valence-corrected chi connectivity index (χ2v) is 9.91. The number of amides is 1. The molecule has 1 fully saturated rings. The van der Waals surface area contributed by atoms with E-state index in [1.807, 2.05) is 43.0 Å². The lowest BCUT2D eigenvalue weighted by molar-refractivity contribution is -0.135. The van der Waals surface area contributed by atoms with Crippen LogP contribution in [0.4, 0.5) is 0 Å². The van der Waals surface area contributed by atoms with Crippen molar-refractivity contribution >= 4 is 65.3 Å². The molecule has 1 aliphatic heterocycles. The van der Waals surface area contributed by atoms with Crippen LogP contribution in [-0.4, -0.2) is 48.5 Å². The van der Waals surface area contributed by atoms with Gasteiger partial charge in [-0.25, -0.2) is 0 Å². The Balaban J connectivity index is 1.53. The lowest BCUT2D eigenvalue weighted by Crippen LogP contribution is -2.49. The predicted molar refractivity (Wildman–Crippen MR) is 128 cm³/mol. The van der Waals surface area contributed by atoms with Gasteiger partial charge in [-0.05, 0) is 74.5 Å². The minimum atomic E-state index is 0.00756. The number of piperazine rings is 1. The van der Waals surface area contributed by atoms with Gasteiger partial charge in [-0.2, -0.15) is 0 Å². The maximum atomic E-state index is 12.7. The van der Waals surface area contributed by atoms with Crippen molar-refractivity contribution in [2.75, 3.05) is 32.8 Å². The van der Waals surface area contributed by atoms with E-state index in [4.69, 9.17) is 16.3 Å².